The van der Waals surface area contributed by atoms with Crippen LogP contribution in [0.2, 0.25) is 0 Å². The molecule has 1 fully saturated rings. The highest BCUT2D eigenvalue weighted by Gasteiger charge is 2.44. The van der Waals surface area contributed by atoms with Gasteiger partial charge in [0.1, 0.15) is 30.2 Å². The van der Waals surface area contributed by atoms with Gasteiger partial charge < -0.3 is 24.8 Å². The molecule has 0 aromatic heterocycles. The lowest BCUT2D eigenvalue weighted by Gasteiger charge is -2.40. The first-order chi connectivity index (χ1) is 13.0. The van der Waals surface area contributed by atoms with E-state index in [1.54, 1.807) is 13.2 Å². The summed E-state index contributed by atoms with van der Waals surface area (Å²) in [7, 11) is 1.62. The summed E-state index contributed by atoms with van der Waals surface area (Å²) in [5.41, 5.74) is 2.82. The molecule has 2 aromatic carbocycles. The Balaban J connectivity index is 1.80. The Morgan fingerprint density at radius 1 is 1.00 bits per heavy atom. The quantitative estimate of drug-likeness (QED) is 0.742. The monoisotopic (exact) mass is 369 g/mol. The molecule has 3 N–H and O–H groups in total. The Hall–Kier alpha value is -2.43. The van der Waals surface area contributed by atoms with Crippen LogP contribution in [0.4, 0.5) is 0 Å². The van der Waals surface area contributed by atoms with Gasteiger partial charge in [0, 0.05) is 0 Å². The van der Waals surface area contributed by atoms with Crippen molar-refractivity contribution in [1.29, 1.82) is 5.26 Å². The van der Waals surface area contributed by atoms with Gasteiger partial charge in [-0.2, -0.15) is 5.26 Å². The van der Waals surface area contributed by atoms with Gasteiger partial charge in [0.2, 0.25) is 0 Å². The van der Waals surface area contributed by atoms with E-state index in [1.165, 1.54) is 0 Å². The molecular weight excluding hydrogens is 346 g/mol. The first kappa shape index (κ1) is 19.3. The van der Waals surface area contributed by atoms with Crippen molar-refractivity contribution in [3.63, 3.8) is 0 Å². The summed E-state index contributed by atoms with van der Waals surface area (Å²) in [6, 6.07) is 17.3. The second-order valence-electron chi connectivity index (χ2n) is 6.70. The molecule has 0 aliphatic carbocycles. The number of nitrogens with zero attached hydrogens (tertiary/aromatic N) is 1. The molecule has 5 atom stereocenters. The third-order valence-electron chi connectivity index (χ3n) is 4.85. The lowest BCUT2D eigenvalue weighted by atomic mass is 9.89. The highest BCUT2D eigenvalue weighted by Crippen LogP contribution is 2.34. The van der Waals surface area contributed by atoms with E-state index >= 15 is 0 Å². The summed E-state index contributed by atoms with van der Waals surface area (Å²) in [6.07, 6.45) is -4.96. The number of nitriles is 1. The van der Waals surface area contributed by atoms with Crippen LogP contribution in [0, 0.1) is 11.3 Å². The molecule has 0 amide bonds. The van der Waals surface area contributed by atoms with Crippen molar-refractivity contribution in [2.75, 3.05) is 7.11 Å². The van der Waals surface area contributed by atoms with Crippen LogP contribution >= 0.6 is 0 Å². The SMILES string of the molecule is COc1ccc(Cc2cccc([C@@H]3O[C@H](CC#N)[C@@H](O)[C@H](O)C3O)c2)cc1. The largest absolute Gasteiger partial charge is 0.497 e. The summed E-state index contributed by atoms with van der Waals surface area (Å²) in [4.78, 5) is 0. The van der Waals surface area contributed by atoms with Crippen LogP contribution in [0.15, 0.2) is 48.5 Å². The van der Waals surface area contributed by atoms with Crippen LogP contribution in [0.25, 0.3) is 0 Å². The van der Waals surface area contributed by atoms with E-state index in [9.17, 15) is 15.3 Å². The van der Waals surface area contributed by atoms with E-state index < -0.39 is 30.5 Å². The predicted octanol–water partition coefficient (Wildman–Crippen LogP) is 1.72. The third kappa shape index (κ3) is 4.29. The van der Waals surface area contributed by atoms with Gasteiger partial charge in [-0.1, -0.05) is 36.4 Å². The lowest BCUT2D eigenvalue weighted by Crippen LogP contribution is -2.53. The number of aliphatic hydroxyl groups is 3. The van der Waals surface area contributed by atoms with Crippen LogP contribution in [0.5, 0.6) is 5.75 Å². The minimum absolute atomic E-state index is 0.0625. The molecule has 3 rings (SSSR count). The van der Waals surface area contributed by atoms with Gasteiger partial charge in [-0.15, -0.1) is 0 Å². The smallest absolute Gasteiger partial charge is 0.118 e. The molecule has 0 radical (unpaired) electrons. The van der Waals surface area contributed by atoms with Crippen LogP contribution in [0.3, 0.4) is 0 Å². The average molecular weight is 369 g/mol. The molecule has 6 nitrogen and oxygen atoms in total. The summed E-state index contributed by atoms with van der Waals surface area (Å²) < 4.78 is 10.9. The van der Waals surface area contributed by atoms with E-state index in [4.69, 9.17) is 14.7 Å². The second-order valence-corrected chi connectivity index (χ2v) is 6.70. The fourth-order valence-corrected chi connectivity index (χ4v) is 3.34. The highest BCUT2D eigenvalue weighted by atomic mass is 16.5. The van der Waals surface area contributed by atoms with Crippen molar-refractivity contribution >= 4 is 0 Å². The van der Waals surface area contributed by atoms with Crippen molar-refractivity contribution in [2.45, 2.75) is 43.4 Å². The summed E-state index contributed by atoms with van der Waals surface area (Å²) in [5.74, 6) is 0.794. The van der Waals surface area contributed by atoms with Gasteiger partial charge in [-0.3, -0.25) is 0 Å². The summed E-state index contributed by atoms with van der Waals surface area (Å²) >= 11 is 0. The summed E-state index contributed by atoms with van der Waals surface area (Å²) in [6.45, 7) is 0. The van der Waals surface area contributed by atoms with Crippen molar-refractivity contribution in [2.24, 2.45) is 0 Å². The van der Waals surface area contributed by atoms with Crippen LogP contribution < -0.4 is 4.74 Å². The van der Waals surface area contributed by atoms with Gasteiger partial charge in [-0.05, 0) is 35.2 Å². The Kier molecular flexibility index (Phi) is 6.09. The minimum Gasteiger partial charge on any atom is -0.497 e. The van der Waals surface area contributed by atoms with E-state index in [0.717, 1.165) is 16.9 Å². The van der Waals surface area contributed by atoms with Gasteiger partial charge in [0.25, 0.3) is 0 Å². The highest BCUT2D eigenvalue weighted by molar-refractivity contribution is 5.34. The van der Waals surface area contributed by atoms with Gasteiger partial charge >= 0.3 is 0 Å². The molecule has 1 aliphatic rings. The zero-order valence-electron chi connectivity index (χ0n) is 15.0. The Morgan fingerprint density at radius 2 is 1.74 bits per heavy atom. The maximum absolute atomic E-state index is 10.4. The van der Waals surface area contributed by atoms with Gasteiger partial charge in [-0.25, -0.2) is 0 Å². The predicted molar refractivity (Wildman–Crippen MR) is 98.1 cm³/mol. The van der Waals surface area contributed by atoms with Crippen LogP contribution in [0.1, 0.15) is 29.2 Å². The normalized spacial score (nSPS) is 27.7. The fourth-order valence-electron chi connectivity index (χ4n) is 3.34. The third-order valence-corrected chi connectivity index (χ3v) is 4.85. The Bertz CT molecular complexity index is 801. The van der Waals surface area contributed by atoms with E-state index in [2.05, 4.69) is 0 Å². The van der Waals surface area contributed by atoms with Crippen LogP contribution in [-0.2, 0) is 11.2 Å². The number of benzene rings is 2. The fraction of sp³-hybridized carbons (Fsp3) is 0.381. The molecule has 1 aliphatic heterocycles. The maximum atomic E-state index is 10.4. The molecule has 1 saturated heterocycles. The molecule has 1 unspecified atom stereocenters. The molecule has 27 heavy (non-hydrogen) atoms. The Labute approximate surface area is 158 Å². The van der Waals surface area contributed by atoms with Crippen molar-refractivity contribution in [1.82, 2.24) is 0 Å². The number of hydrogen-bond acceptors (Lipinski definition) is 6. The minimum atomic E-state index is -1.37. The number of methoxy groups -OCH3 is 1. The number of ether oxygens (including phenoxy) is 2. The molecule has 0 spiro atoms. The average Bonchev–Trinajstić information content (AvgIpc) is 2.69. The molecule has 142 valence electrons. The van der Waals surface area contributed by atoms with Crippen molar-refractivity contribution in [3.8, 4) is 11.8 Å². The second kappa shape index (κ2) is 8.51. The summed E-state index contributed by atoms with van der Waals surface area (Å²) in [5, 5.41) is 39.4. The maximum Gasteiger partial charge on any atom is 0.118 e. The van der Waals surface area contributed by atoms with Crippen molar-refractivity contribution < 1.29 is 24.8 Å². The Morgan fingerprint density at radius 3 is 2.41 bits per heavy atom. The molecule has 0 bridgehead atoms. The van der Waals surface area contributed by atoms with Crippen LogP contribution in [-0.4, -0.2) is 46.8 Å². The molecule has 6 heteroatoms. The zero-order valence-corrected chi connectivity index (χ0v) is 15.0. The zero-order chi connectivity index (χ0) is 19.4. The van der Waals surface area contributed by atoms with Gasteiger partial charge in [0.15, 0.2) is 0 Å². The molecular formula is C21H23NO5. The van der Waals surface area contributed by atoms with E-state index in [-0.39, 0.29) is 6.42 Å². The molecule has 0 saturated carbocycles. The van der Waals surface area contributed by atoms with Gasteiger partial charge in [0.05, 0.1) is 25.7 Å². The first-order valence-corrected chi connectivity index (χ1v) is 8.82. The van der Waals surface area contributed by atoms with E-state index in [1.807, 2.05) is 48.5 Å². The molecule has 1 heterocycles. The first-order valence-electron chi connectivity index (χ1n) is 8.82. The number of rotatable bonds is 5. The number of aliphatic hydroxyl groups excluding tert-OH is 3. The molecule has 2 aromatic rings. The van der Waals surface area contributed by atoms with Crippen molar-refractivity contribution in [3.05, 3.63) is 65.2 Å². The van der Waals surface area contributed by atoms with E-state index in [0.29, 0.717) is 12.0 Å². The lowest BCUT2D eigenvalue weighted by molar-refractivity contribution is -0.223. The topological polar surface area (TPSA) is 103 Å². The number of hydrogen-bond donors (Lipinski definition) is 3. The standard InChI is InChI=1S/C21H23NO5/c1-26-16-7-5-13(6-8-16)11-14-3-2-4-15(12-14)21-20(25)19(24)18(23)17(27-21)9-10-22/h2-8,12,17-21,23-25H,9,11H2,1H3/t17-,18-,19+,20?,21+/m1/s1.